The molecule has 0 aliphatic rings. The molecule has 0 saturated heterocycles. The van der Waals surface area contributed by atoms with Gasteiger partial charge in [0.1, 0.15) is 0 Å². The molecule has 0 aromatic rings. The first-order valence-electron chi connectivity index (χ1n) is 3.74. The fraction of sp³-hybridized carbons (Fsp3) is 0.444. The van der Waals surface area contributed by atoms with E-state index >= 15 is 0 Å². The Balaban J connectivity index is -0.000000115. The van der Waals surface area contributed by atoms with Gasteiger partial charge in [0.2, 0.25) is 0 Å². The zero-order valence-electron chi connectivity index (χ0n) is 8.21. The molecular formula is C9H20O2P. The fourth-order valence-electron chi connectivity index (χ4n) is 0.175. The molecule has 2 nitrogen and oxygen atoms in total. The van der Waals surface area contributed by atoms with E-state index in [0.29, 0.717) is 6.16 Å². The lowest BCUT2D eigenvalue weighted by atomic mass is 10.6. The highest BCUT2D eigenvalue weighted by Crippen LogP contribution is 2.11. The van der Waals surface area contributed by atoms with E-state index in [1.165, 1.54) is 0 Å². The third kappa shape index (κ3) is 102. The Labute approximate surface area is 76.9 Å². The lowest BCUT2D eigenvalue weighted by Crippen LogP contribution is -1.68. The van der Waals surface area contributed by atoms with Crippen molar-refractivity contribution in [2.45, 2.75) is 20.8 Å². The standard InChI is InChI=1S/C3H8O2P.2C3H6/c1-2-3-6(4)5;2*1-3-2/h2,6H,3H2,1H3,(H,4,5);2*3H,1H2,2H3. The molecule has 12 heavy (non-hydrogen) atoms. The molecule has 0 saturated carbocycles. The van der Waals surface area contributed by atoms with Crippen LogP contribution in [0.15, 0.2) is 25.3 Å². The van der Waals surface area contributed by atoms with Crippen LogP contribution in [-0.2, 0) is 4.57 Å². The maximum Gasteiger partial charge on any atom is 0.189 e. The molecule has 1 radical (unpaired) electrons. The summed E-state index contributed by atoms with van der Waals surface area (Å²) in [4.78, 5) is 8.07. The molecule has 0 fully saturated rings. The molecule has 1 atom stereocenters. The van der Waals surface area contributed by atoms with E-state index in [9.17, 15) is 4.57 Å². The molecule has 1 N–H and O–H groups in total. The van der Waals surface area contributed by atoms with Crippen LogP contribution in [0, 0.1) is 6.42 Å². The van der Waals surface area contributed by atoms with Gasteiger partial charge in [-0.05, 0) is 20.3 Å². The third-order valence-electron chi connectivity index (χ3n) is 0.379. The van der Waals surface area contributed by atoms with Gasteiger partial charge in [0.05, 0.1) is 0 Å². The van der Waals surface area contributed by atoms with Gasteiger partial charge in [0.25, 0.3) is 0 Å². The second-order valence-electron chi connectivity index (χ2n) is 1.82. The normalized spacial score (nSPS) is 9.33. The van der Waals surface area contributed by atoms with Crippen LogP contribution in [-0.4, -0.2) is 11.1 Å². The average molecular weight is 191 g/mol. The van der Waals surface area contributed by atoms with Crippen LogP contribution in [0.4, 0.5) is 0 Å². The van der Waals surface area contributed by atoms with Gasteiger partial charge in [-0.15, -0.1) is 13.2 Å². The molecule has 0 heterocycles. The van der Waals surface area contributed by atoms with Gasteiger partial charge in [-0.1, -0.05) is 19.1 Å². The molecule has 0 aromatic heterocycles. The Morgan fingerprint density at radius 3 is 1.50 bits per heavy atom. The topological polar surface area (TPSA) is 37.3 Å². The maximum absolute atomic E-state index is 9.75. The first-order valence-corrected chi connectivity index (χ1v) is 5.30. The van der Waals surface area contributed by atoms with Gasteiger partial charge < -0.3 is 4.89 Å². The van der Waals surface area contributed by atoms with E-state index < -0.39 is 8.03 Å². The molecule has 1 unspecified atom stereocenters. The van der Waals surface area contributed by atoms with Gasteiger partial charge in [0.15, 0.2) is 8.03 Å². The van der Waals surface area contributed by atoms with E-state index in [1.807, 2.05) is 13.8 Å². The number of hydrogen-bond donors (Lipinski definition) is 1. The van der Waals surface area contributed by atoms with E-state index in [2.05, 4.69) is 13.2 Å². The number of rotatable bonds is 2. The quantitative estimate of drug-likeness (QED) is 0.538. The van der Waals surface area contributed by atoms with Crippen molar-refractivity contribution >= 4 is 8.03 Å². The van der Waals surface area contributed by atoms with E-state index in [0.717, 1.165) is 0 Å². The molecule has 0 aromatic carbocycles. The summed E-state index contributed by atoms with van der Waals surface area (Å²) in [7, 11) is -2.19. The minimum absolute atomic E-state index is 0.352. The highest BCUT2D eigenvalue weighted by molar-refractivity contribution is 7.38. The van der Waals surface area contributed by atoms with Crippen molar-refractivity contribution in [3.8, 4) is 0 Å². The van der Waals surface area contributed by atoms with Crippen molar-refractivity contribution in [3.05, 3.63) is 31.7 Å². The fourth-order valence-corrected chi connectivity index (χ4v) is 0.524. The molecule has 0 spiro atoms. The first kappa shape index (κ1) is 17.7. The zero-order chi connectivity index (χ0) is 10.4. The van der Waals surface area contributed by atoms with Crippen LogP contribution in [0.2, 0.25) is 0 Å². The predicted molar refractivity (Wildman–Crippen MR) is 57.8 cm³/mol. The lowest BCUT2D eigenvalue weighted by Gasteiger charge is -1.81. The summed E-state index contributed by atoms with van der Waals surface area (Å²) in [5, 5.41) is 0. The molecule has 0 aliphatic carbocycles. The van der Waals surface area contributed by atoms with E-state index in [1.54, 1.807) is 25.5 Å². The van der Waals surface area contributed by atoms with Crippen LogP contribution in [0.1, 0.15) is 20.8 Å². The van der Waals surface area contributed by atoms with Crippen molar-refractivity contribution in [2.24, 2.45) is 0 Å². The lowest BCUT2D eigenvalue weighted by molar-refractivity contribution is 0.505. The Morgan fingerprint density at radius 1 is 1.25 bits per heavy atom. The Morgan fingerprint density at radius 2 is 1.50 bits per heavy atom. The van der Waals surface area contributed by atoms with Crippen molar-refractivity contribution in [2.75, 3.05) is 6.16 Å². The number of hydrogen-bond acceptors (Lipinski definition) is 1. The van der Waals surface area contributed by atoms with Crippen LogP contribution in [0.5, 0.6) is 0 Å². The minimum atomic E-state index is -2.19. The Kier molecular flexibility index (Phi) is 33.0. The summed E-state index contributed by atoms with van der Waals surface area (Å²) in [5.41, 5.74) is 0. The predicted octanol–water partition coefficient (Wildman–Crippen LogP) is 3.06. The second-order valence-corrected chi connectivity index (χ2v) is 3.02. The third-order valence-corrected chi connectivity index (χ3v) is 1.14. The van der Waals surface area contributed by atoms with Gasteiger partial charge in [-0.3, -0.25) is 4.57 Å². The Bertz CT molecular complexity index is 105. The summed E-state index contributed by atoms with van der Waals surface area (Å²) in [6, 6.07) is 0. The summed E-state index contributed by atoms with van der Waals surface area (Å²) in [6.45, 7) is 12.3. The van der Waals surface area contributed by atoms with Crippen molar-refractivity contribution in [1.82, 2.24) is 0 Å². The van der Waals surface area contributed by atoms with Gasteiger partial charge in [-0.2, -0.15) is 0 Å². The average Bonchev–Trinajstić information content (AvgIpc) is 1.89. The van der Waals surface area contributed by atoms with Crippen LogP contribution in [0.25, 0.3) is 0 Å². The molecule has 0 aliphatic heterocycles. The van der Waals surface area contributed by atoms with Gasteiger partial charge in [0, 0.05) is 6.16 Å². The molecule has 0 bridgehead atoms. The maximum atomic E-state index is 9.75. The molecule has 3 heteroatoms. The van der Waals surface area contributed by atoms with Crippen molar-refractivity contribution in [3.63, 3.8) is 0 Å². The van der Waals surface area contributed by atoms with Crippen molar-refractivity contribution < 1.29 is 9.46 Å². The number of allylic oxidation sites excluding steroid dienone is 2. The molecule has 0 rings (SSSR count). The Hall–Kier alpha value is -0.330. The molecule has 0 amide bonds. The SMILES string of the molecule is C=CC.C=CC.C[CH]C[PH](=O)O. The van der Waals surface area contributed by atoms with Crippen LogP contribution >= 0.6 is 8.03 Å². The van der Waals surface area contributed by atoms with Crippen LogP contribution < -0.4 is 0 Å². The summed E-state index contributed by atoms with van der Waals surface area (Å²) in [5.74, 6) is 0. The van der Waals surface area contributed by atoms with E-state index in [-0.39, 0.29) is 0 Å². The van der Waals surface area contributed by atoms with E-state index in [4.69, 9.17) is 4.89 Å². The largest absolute Gasteiger partial charge is 0.346 e. The molecule has 73 valence electrons. The molecular weight excluding hydrogens is 171 g/mol. The summed E-state index contributed by atoms with van der Waals surface area (Å²) >= 11 is 0. The minimum Gasteiger partial charge on any atom is -0.346 e. The monoisotopic (exact) mass is 191 g/mol. The highest BCUT2D eigenvalue weighted by Gasteiger charge is 1.83. The second kappa shape index (κ2) is 22.4. The van der Waals surface area contributed by atoms with Gasteiger partial charge in [-0.25, -0.2) is 0 Å². The summed E-state index contributed by atoms with van der Waals surface area (Å²) in [6.07, 6.45) is 5.53. The van der Waals surface area contributed by atoms with Crippen molar-refractivity contribution in [1.29, 1.82) is 0 Å². The van der Waals surface area contributed by atoms with Gasteiger partial charge >= 0.3 is 0 Å². The highest BCUT2D eigenvalue weighted by atomic mass is 31.1. The smallest absolute Gasteiger partial charge is 0.189 e. The zero-order valence-corrected chi connectivity index (χ0v) is 9.21. The summed E-state index contributed by atoms with van der Waals surface area (Å²) < 4.78 is 9.75. The first-order chi connectivity index (χ1) is 5.60. The van der Waals surface area contributed by atoms with Crippen LogP contribution in [0.3, 0.4) is 0 Å².